The molecule has 2 aliphatic carbocycles. The van der Waals surface area contributed by atoms with Gasteiger partial charge in [0.05, 0.1) is 10.9 Å². The lowest BCUT2D eigenvalue weighted by Crippen LogP contribution is -2.55. The van der Waals surface area contributed by atoms with Crippen molar-refractivity contribution in [1.82, 2.24) is 14.1 Å². The van der Waals surface area contributed by atoms with Crippen molar-refractivity contribution in [2.24, 2.45) is 5.92 Å². The number of hydrogen-bond acceptors (Lipinski definition) is 5. The largest absolute Gasteiger partial charge is 0.448 e. The van der Waals surface area contributed by atoms with Crippen LogP contribution < -0.4 is 0 Å². The number of nitrogens with zero attached hydrogens (tertiary/aromatic N) is 3. The molecule has 206 valence electrons. The monoisotopic (exact) mass is 559 g/mol. The summed E-state index contributed by atoms with van der Waals surface area (Å²) < 4.78 is 62.4. The van der Waals surface area contributed by atoms with Crippen molar-refractivity contribution in [2.75, 3.05) is 32.8 Å². The maximum atomic E-state index is 14.1. The van der Waals surface area contributed by atoms with E-state index < -0.39 is 40.0 Å². The lowest BCUT2D eigenvalue weighted by Gasteiger charge is -2.42. The van der Waals surface area contributed by atoms with Crippen LogP contribution in [0.4, 0.5) is 13.6 Å². The van der Waals surface area contributed by atoms with E-state index in [2.05, 4.69) is 4.90 Å². The molecule has 1 aromatic carbocycles. The molecule has 3 atom stereocenters. The van der Waals surface area contributed by atoms with Gasteiger partial charge in [0.15, 0.2) is 0 Å². The van der Waals surface area contributed by atoms with Gasteiger partial charge < -0.3 is 9.64 Å². The second-order valence-corrected chi connectivity index (χ2v) is 13.2. The molecule has 0 bridgehead atoms. The van der Waals surface area contributed by atoms with Crippen LogP contribution in [-0.4, -0.2) is 85.5 Å². The zero-order valence-corrected chi connectivity index (χ0v) is 22.6. The van der Waals surface area contributed by atoms with Gasteiger partial charge in [-0.05, 0) is 49.9 Å². The van der Waals surface area contributed by atoms with E-state index in [0.29, 0.717) is 43.4 Å². The summed E-state index contributed by atoms with van der Waals surface area (Å²) in [5.41, 5.74) is 0. The van der Waals surface area contributed by atoms with E-state index >= 15 is 0 Å². The normalized spacial score (nSPS) is 29.7. The molecule has 5 rings (SSSR count). The van der Waals surface area contributed by atoms with Gasteiger partial charge in [-0.1, -0.05) is 37.3 Å². The number of alkyl halides is 2. The molecule has 7 nitrogen and oxygen atoms in total. The zero-order chi connectivity index (χ0) is 26.2. The number of halogens is 3. The van der Waals surface area contributed by atoms with Crippen LogP contribution in [0.25, 0.3) is 0 Å². The van der Waals surface area contributed by atoms with Gasteiger partial charge in [0.1, 0.15) is 6.61 Å². The molecule has 0 aromatic heterocycles. The molecule has 4 aliphatic rings. The highest BCUT2D eigenvalue weighted by Gasteiger charge is 2.63. The Bertz CT molecular complexity index is 1060. The van der Waals surface area contributed by atoms with Crippen LogP contribution in [0.3, 0.4) is 0 Å². The molecule has 4 fully saturated rings. The fourth-order valence-electron chi connectivity index (χ4n) is 6.35. The third kappa shape index (κ3) is 5.92. The van der Waals surface area contributed by atoms with Gasteiger partial charge in [0.2, 0.25) is 10.0 Å². The molecule has 2 heterocycles. The average Bonchev–Trinajstić information content (AvgIpc) is 3.55. The lowest BCUT2D eigenvalue weighted by molar-refractivity contribution is 0.0261. The Balaban J connectivity index is 1.25. The second-order valence-electron chi connectivity index (χ2n) is 10.9. The SMILES string of the molecule is O=C(OC[C@H]1CCC[C@@H](C2CC2(F)F)N1S(=O)(=O)c1ccc(Cl)cc1)N1CCN(C2CCCCC2)CC1. The summed E-state index contributed by atoms with van der Waals surface area (Å²) in [7, 11) is -4.10. The van der Waals surface area contributed by atoms with E-state index in [9.17, 15) is 22.0 Å². The minimum atomic E-state index is -4.10. The van der Waals surface area contributed by atoms with Gasteiger partial charge in [-0.3, -0.25) is 4.90 Å². The average molecular weight is 560 g/mol. The van der Waals surface area contributed by atoms with Crippen molar-refractivity contribution < 1.29 is 26.7 Å². The van der Waals surface area contributed by atoms with Crippen LogP contribution in [0, 0.1) is 5.92 Å². The van der Waals surface area contributed by atoms with Crippen LogP contribution in [-0.2, 0) is 14.8 Å². The van der Waals surface area contributed by atoms with Crippen molar-refractivity contribution in [3.63, 3.8) is 0 Å². The maximum absolute atomic E-state index is 14.1. The summed E-state index contributed by atoms with van der Waals surface area (Å²) in [6, 6.07) is 4.81. The molecule has 11 heteroatoms. The molecular weight excluding hydrogens is 524 g/mol. The first-order valence-corrected chi connectivity index (χ1v) is 15.3. The van der Waals surface area contributed by atoms with Crippen LogP contribution >= 0.6 is 11.6 Å². The number of ether oxygens (including phenoxy) is 1. The van der Waals surface area contributed by atoms with E-state index in [4.69, 9.17) is 16.3 Å². The van der Waals surface area contributed by atoms with Crippen molar-refractivity contribution in [1.29, 1.82) is 0 Å². The number of carbonyl (C=O) groups is 1. The first kappa shape index (κ1) is 27.1. The highest BCUT2D eigenvalue weighted by molar-refractivity contribution is 7.89. The number of hydrogen-bond donors (Lipinski definition) is 0. The smallest absolute Gasteiger partial charge is 0.409 e. The first-order chi connectivity index (χ1) is 17.7. The van der Waals surface area contributed by atoms with Crippen LogP contribution in [0.5, 0.6) is 0 Å². The summed E-state index contributed by atoms with van der Waals surface area (Å²) in [5.74, 6) is -3.88. The van der Waals surface area contributed by atoms with E-state index in [1.807, 2.05) is 0 Å². The Labute approximate surface area is 223 Å². The molecule has 0 spiro atoms. The zero-order valence-electron chi connectivity index (χ0n) is 21.0. The third-order valence-corrected chi connectivity index (χ3v) is 10.8. The van der Waals surface area contributed by atoms with E-state index in [1.165, 1.54) is 60.7 Å². The summed E-state index contributed by atoms with van der Waals surface area (Å²) in [6.07, 6.45) is 6.88. The van der Waals surface area contributed by atoms with Gasteiger partial charge in [-0.15, -0.1) is 0 Å². The van der Waals surface area contributed by atoms with Gasteiger partial charge in [0.25, 0.3) is 5.92 Å². The Kier molecular flexibility index (Phi) is 8.01. The summed E-state index contributed by atoms with van der Waals surface area (Å²) in [5, 5.41) is 0.386. The van der Waals surface area contributed by atoms with Gasteiger partial charge >= 0.3 is 6.09 Å². The van der Waals surface area contributed by atoms with Crippen LogP contribution in [0.1, 0.15) is 57.8 Å². The van der Waals surface area contributed by atoms with E-state index in [-0.39, 0.29) is 17.9 Å². The minimum absolute atomic E-state index is 0.00271. The van der Waals surface area contributed by atoms with Crippen molar-refractivity contribution >= 4 is 27.7 Å². The van der Waals surface area contributed by atoms with Crippen molar-refractivity contribution in [3.8, 4) is 0 Å². The standard InChI is InChI=1S/C26H36ClF2N3O4S/c27-19-9-11-22(12-10-19)37(34,35)32-21(7-4-8-24(32)23-17-26(23,28)29)18-36-25(33)31-15-13-30(14-16-31)20-5-2-1-3-6-20/h9-12,20-21,23-24H,1-8,13-18H2/t21-,23?,24+/m1/s1. The van der Waals surface area contributed by atoms with Crippen molar-refractivity contribution in [2.45, 2.75) is 86.7 Å². The molecule has 2 saturated carbocycles. The maximum Gasteiger partial charge on any atom is 0.409 e. The number of amides is 1. The number of benzene rings is 1. The molecule has 2 saturated heterocycles. The Morgan fingerprint density at radius 3 is 2.24 bits per heavy atom. The van der Waals surface area contributed by atoms with Gasteiger partial charge in [-0.2, -0.15) is 4.31 Å². The lowest BCUT2D eigenvalue weighted by atomic mass is 9.94. The highest BCUT2D eigenvalue weighted by Crippen LogP contribution is 2.54. The molecular formula is C26H36ClF2N3O4S. The fraction of sp³-hybridized carbons (Fsp3) is 0.731. The summed E-state index contributed by atoms with van der Waals surface area (Å²) in [6.45, 7) is 2.61. The molecule has 1 amide bonds. The molecule has 1 aromatic rings. The number of sulfonamides is 1. The second kappa shape index (κ2) is 10.9. The Hall–Kier alpha value is -1.49. The fourth-order valence-corrected chi connectivity index (χ4v) is 8.37. The minimum Gasteiger partial charge on any atom is -0.448 e. The number of piperazine rings is 1. The first-order valence-electron chi connectivity index (χ1n) is 13.5. The van der Waals surface area contributed by atoms with Gasteiger partial charge in [0, 0.05) is 55.6 Å². The molecule has 0 radical (unpaired) electrons. The third-order valence-electron chi connectivity index (χ3n) is 8.51. The summed E-state index contributed by atoms with van der Waals surface area (Å²) in [4.78, 5) is 17.0. The molecule has 37 heavy (non-hydrogen) atoms. The van der Waals surface area contributed by atoms with Crippen LogP contribution in [0.15, 0.2) is 29.2 Å². The molecule has 2 aliphatic heterocycles. The summed E-state index contributed by atoms with van der Waals surface area (Å²) >= 11 is 5.94. The number of carbonyl (C=O) groups excluding carboxylic acids is 1. The van der Waals surface area contributed by atoms with E-state index in [0.717, 1.165) is 13.1 Å². The van der Waals surface area contributed by atoms with Crippen molar-refractivity contribution in [3.05, 3.63) is 29.3 Å². The topological polar surface area (TPSA) is 70.2 Å². The molecule has 1 unspecified atom stereocenters. The van der Waals surface area contributed by atoms with Gasteiger partial charge in [-0.25, -0.2) is 22.0 Å². The predicted molar refractivity (Wildman–Crippen MR) is 136 cm³/mol. The Morgan fingerprint density at radius 2 is 1.62 bits per heavy atom. The van der Waals surface area contributed by atoms with E-state index in [1.54, 1.807) is 4.90 Å². The van der Waals surface area contributed by atoms with Crippen LogP contribution in [0.2, 0.25) is 5.02 Å². The Morgan fingerprint density at radius 1 is 0.973 bits per heavy atom. The quantitative estimate of drug-likeness (QED) is 0.491. The highest BCUT2D eigenvalue weighted by atomic mass is 35.5. The predicted octanol–water partition coefficient (Wildman–Crippen LogP) is 4.99. The number of rotatable bonds is 6. The number of piperidine rings is 1. The molecule has 0 N–H and O–H groups in total.